The van der Waals surface area contributed by atoms with Gasteiger partial charge in [0.05, 0.1) is 5.52 Å². The third-order valence-electron chi connectivity index (χ3n) is 7.57. The molecule has 0 unspecified atom stereocenters. The van der Waals surface area contributed by atoms with Crippen LogP contribution >= 0.6 is 0 Å². The topological polar surface area (TPSA) is 76.6 Å². The van der Waals surface area contributed by atoms with Crippen molar-refractivity contribution in [3.8, 4) is 0 Å². The predicted octanol–water partition coefficient (Wildman–Crippen LogP) is 5.81. The Balaban J connectivity index is 1.57. The van der Waals surface area contributed by atoms with Crippen LogP contribution in [0.2, 0.25) is 0 Å². The minimum absolute atomic E-state index is 0.0570. The van der Waals surface area contributed by atoms with Crippen molar-refractivity contribution in [3.63, 3.8) is 0 Å². The van der Waals surface area contributed by atoms with E-state index < -0.39 is 0 Å². The van der Waals surface area contributed by atoms with E-state index in [0.717, 1.165) is 83.3 Å². The Morgan fingerprint density at radius 3 is 2.85 bits per heavy atom. The van der Waals surface area contributed by atoms with E-state index in [1.807, 2.05) is 51.1 Å². The van der Waals surface area contributed by atoms with Gasteiger partial charge in [-0.25, -0.2) is 4.39 Å². The van der Waals surface area contributed by atoms with Crippen LogP contribution in [0, 0.1) is 5.82 Å². The Labute approximate surface area is 231 Å². The van der Waals surface area contributed by atoms with Gasteiger partial charge in [0.15, 0.2) is 0 Å². The van der Waals surface area contributed by atoms with Crippen molar-refractivity contribution in [2.45, 2.75) is 72.1 Å². The number of benzene rings is 2. The molecule has 1 atom stereocenters. The number of nitrogens with one attached hydrogen (secondary N) is 2. The number of piperidine rings is 1. The lowest BCUT2D eigenvalue weighted by molar-refractivity contribution is -0.122. The van der Waals surface area contributed by atoms with Gasteiger partial charge in [0, 0.05) is 67.2 Å². The molecule has 1 aromatic heterocycles. The number of H-pyrrole nitrogens is 1. The molecule has 2 aromatic carbocycles. The minimum Gasteiger partial charge on any atom is -0.388 e. The van der Waals surface area contributed by atoms with Crippen molar-refractivity contribution in [3.05, 3.63) is 64.6 Å². The molecular weight excluding hydrogens is 491 g/mol. The maximum Gasteiger partial charge on any atom is 0.210 e. The van der Waals surface area contributed by atoms with Gasteiger partial charge in [0.1, 0.15) is 11.5 Å². The zero-order valence-corrected chi connectivity index (χ0v) is 23.8. The first kappa shape index (κ1) is 28.5. The van der Waals surface area contributed by atoms with E-state index in [0.29, 0.717) is 13.1 Å². The number of anilines is 1. The van der Waals surface area contributed by atoms with Gasteiger partial charge in [-0.3, -0.25) is 19.8 Å². The number of nitrogens with zero attached hydrogens (tertiary/aromatic N) is 4. The Kier molecular flexibility index (Phi) is 9.51. The quantitative estimate of drug-likeness (QED) is 0.241. The van der Waals surface area contributed by atoms with Crippen LogP contribution in [0.4, 0.5) is 10.1 Å². The first-order valence-electron chi connectivity index (χ1n) is 14.0. The molecule has 2 heterocycles. The number of carbonyl (C=O) groups excluding carboxylic acids is 1. The Bertz CT molecular complexity index is 1340. The second kappa shape index (κ2) is 13.0. The van der Waals surface area contributed by atoms with E-state index in [-0.39, 0.29) is 17.9 Å². The fourth-order valence-corrected chi connectivity index (χ4v) is 5.42. The van der Waals surface area contributed by atoms with Crippen molar-refractivity contribution in [1.82, 2.24) is 20.0 Å². The molecule has 1 aliphatic heterocycles. The van der Waals surface area contributed by atoms with E-state index in [9.17, 15) is 9.18 Å². The fourth-order valence-electron chi connectivity index (χ4n) is 5.42. The van der Waals surface area contributed by atoms with E-state index in [4.69, 9.17) is 0 Å². The van der Waals surface area contributed by atoms with E-state index >= 15 is 0 Å². The number of aliphatic imine (C=N–C) groups is 1. The summed E-state index contributed by atoms with van der Waals surface area (Å²) in [6.45, 7) is 10.8. The van der Waals surface area contributed by atoms with Crippen molar-refractivity contribution in [1.29, 1.82) is 0 Å². The molecule has 0 bridgehead atoms. The second-order valence-electron chi connectivity index (χ2n) is 10.5. The van der Waals surface area contributed by atoms with Crippen LogP contribution in [-0.2, 0) is 24.3 Å². The lowest BCUT2D eigenvalue weighted by atomic mass is 9.99. The fraction of sp³-hybridized carbons (Fsp3) is 0.452. The summed E-state index contributed by atoms with van der Waals surface area (Å²) in [5.41, 5.74) is 6.52. The molecule has 0 spiro atoms. The van der Waals surface area contributed by atoms with Gasteiger partial charge in [0.2, 0.25) is 6.41 Å². The number of halogens is 1. The van der Waals surface area contributed by atoms with Gasteiger partial charge in [0.25, 0.3) is 0 Å². The number of hydrogen-bond donors (Lipinski definition) is 2. The molecular formula is C31H41FN6O. The highest BCUT2D eigenvalue weighted by atomic mass is 19.1. The zero-order chi connectivity index (χ0) is 27.9. The smallest absolute Gasteiger partial charge is 0.210 e. The van der Waals surface area contributed by atoms with Gasteiger partial charge in [-0.1, -0.05) is 25.1 Å². The third kappa shape index (κ3) is 6.56. The number of aromatic nitrogens is 2. The number of likely N-dealkylation sites (tertiary alicyclic amines) is 1. The van der Waals surface area contributed by atoms with Gasteiger partial charge in [-0.2, -0.15) is 5.10 Å². The van der Waals surface area contributed by atoms with E-state index in [2.05, 4.69) is 44.5 Å². The van der Waals surface area contributed by atoms with E-state index in [1.54, 1.807) is 12.1 Å². The monoisotopic (exact) mass is 532 g/mol. The number of allylic oxidation sites excluding steroid dienone is 2. The van der Waals surface area contributed by atoms with Crippen molar-refractivity contribution in [2.75, 3.05) is 25.5 Å². The largest absolute Gasteiger partial charge is 0.388 e. The normalized spacial score (nSPS) is 16.9. The van der Waals surface area contributed by atoms with Crippen molar-refractivity contribution in [2.24, 2.45) is 4.99 Å². The van der Waals surface area contributed by atoms with Crippen LogP contribution in [0.1, 0.15) is 62.9 Å². The third-order valence-corrected chi connectivity index (χ3v) is 7.57. The lowest BCUT2D eigenvalue weighted by Gasteiger charge is -2.38. The van der Waals surface area contributed by atoms with E-state index in [1.165, 1.54) is 0 Å². The van der Waals surface area contributed by atoms with Crippen LogP contribution < -0.4 is 5.32 Å². The van der Waals surface area contributed by atoms with Gasteiger partial charge < -0.3 is 10.2 Å². The number of carbonyl (C=O) groups is 1. The zero-order valence-electron chi connectivity index (χ0n) is 23.8. The molecule has 39 heavy (non-hydrogen) atoms. The number of fused-ring (bicyclic) bond motifs is 1. The van der Waals surface area contributed by atoms with Crippen LogP contribution in [0.25, 0.3) is 16.5 Å². The maximum absolute atomic E-state index is 14.7. The Morgan fingerprint density at radius 1 is 1.33 bits per heavy atom. The summed E-state index contributed by atoms with van der Waals surface area (Å²) in [6, 6.07) is 9.75. The molecule has 4 rings (SSSR count). The highest BCUT2D eigenvalue weighted by molar-refractivity contribution is 6.13. The summed E-state index contributed by atoms with van der Waals surface area (Å²) in [5, 5.41) is 12.0. The SMILES string of the molecule is C/C=C(\C=NC(C)C)c1n[nH]c2cc(NC)c(CN(C=O)[C@@H]3CCCN(Cc4c(F)cccc4CC)C3)cc12. The molecule has 0 aliphatic carbocycles. The molecule has 1 saturated heterocycles. The average molecular weight is 533 g/mol. The molecule has 0 saturated carbocycles. The molecule has 7 nitrogen and oxygen atoms in total. The molecule has 0 radical (unpaired) electrons. The van der Waals surface area contributed by atoms with Crippen molar-refractivity contribution < 1.29 is 9.18 Å². The standard InChI is InChI=1S/C31H41FN6O/c1-6-22-10-8-12-28(32)27(22)19-37-13-9-11-25(18-37)38(20-39)17-24-14-26-30(15-29(24)33-5)35-36-31(26)23(7-2)16-34-21(3)4/h7-8,10,12,14-16,20-21,25,33H,6,9,11,13,17-19H2,1-5H3,(H,35,36)/b23-7+,34-16?/t25-/m1/s1. The highest BCUT2D eigenvalue weighted by Gasteiger charge is 2.26. The summed E-state index contributed by atoms with van der Waals surface area (Å²) in [6.07, 6.45) is 7.54. The highest BCUT2D eigenvalue weighted by Crippen LogP contribution is 2.30. The molecule has 1 aliphatic rings. The average Bonchev–Trinajstić information content (AvgIpc) is 3.35. The summed E-state index contributed by atoms with van der Waals surface area (Å²) in [7, 11) is 1.89. The minimum atomic E-state index is -0.148. The second-order valence-corrected chi connectivity index (χ2v) is 10.5. The Hall–Kier alpha value is -3.52. The Morgan fingerprint density at radius 2 is 2.15 bits per heavy atom. The lowest BCUT2D eigenvalue weighted by Crippen LogP contribution is -2.47. The number of hydrogen-bond acceptors (Lipinski definition) is 5. The van der Waals surface area contributed by atoms with Crippen LogP contribution in [0.15, 0.2) is 41.4 Å². The molecule has 8 heteroatoms. The number of aromatic amines is 1. The summed E-state index contributed by atoms with van der Waals surface area (Å²) in [5.74, 6) is -0.148. The number of amides is 1. The van der Waals surface area contributed by atoms with Gasteiger partial charge in [-0.15, -0.1) is 0 Å². The van der Waals surface area contributed by atoms with Gasteiger partial charge >= 0.3 is 0 Å². The van der Waals surface area contributed by atoms with Crippen LogP contribution in [0.5, 0.6) is 0 Å². The van der Waals surface area contributed by atoms with Gasteiger partial charge in [-0.05, 0) is 75.9 Å². The van der Waals surface area contributed by atoms with Crippen LogP contribution in [0.3, 0.4) is 0 Å². The molecule has 1 fully saturated rings. The maximum atomic E-state index is 14.7. The summed E-state index contributed by atoms with van der Waals surface area (Å²) >= 11 is 0. The molecule has 1 amide bonds. The first-order chi connectivity index (χ1) is 18.9. The van der Waals surface area contributed by atoms with Crippen molar-refractivity contribution >= 4 is 34.8 Å². The molecule has 2 N–H and O–H groups in total. The first-order valence-corrected chi connectivity index (χ1v) is 14.0. The number of aryl methyl sites for hydroxylation is 1. The summed E-state index contributed by atoms with van der Waals surface area (Å²) in [4.78, 5) is 21.1. The summed E-state index contributed by atoms with van der Waals surface area (Å²) < 4.78 is 14.7. The van der Waals surface area contributed by atoms with Crippen LogP contribution in [-0.4, -0.2) is 64.8 Å². The molecule has 3 aromatic rings. The molecule has 208 valence electrons. The number of rotatable bonds is 11. The predicted molar refractivity (Wildman–Crippen MR) is 159 cm³/mol.